The van der Waals surface area contributed by atoms with Gasteiger partial charge in [0.1, 0.15) is 0 Å². The summed E-state index contributed by atoms with van der Waals surface area (Å²) in [6.07, 6.45) is 0. The van der Waals surface area contributed by atoms with Crippen LogP contribution in [0.1, 0.15) is 0 Å². The molecule has 0 saturated heterocycles. The summed E-state index contributed by atoms with van der Waals surface area (Å²) in [5.74, 6) is 0.951. The molecular weight excluding hydrogens is 136 g/mol. The van der Waals surface area contributed by atoms with Crippen molar-refractivity contribution in [2.24, 2.45) is 0 Å². The van der Waals surface area contributed by atoms with Crippen molar-refractivity contribution < 1.29 is 4.43 Å². The van der Waals surface area contributed by atoms with Gasteiger partial charge in [-0.15, -0.1) is 0 Å². The zero-order chi connectivity index (χ0) is 6.62. The molecule has 0 amide bonds. The van der Waals surface area contributed by atoms with E-state index in [9.17, 15) is 0 Å². The van der Waals surface area contributed by atoms with E-state index < -0.39 is 8.32 Å². The fraction of sp³-hybridized carbons (Fsp3) is 1.00. The summed E-state index contributed by atoms with van der Waals surface area (Å²) < 4.78 is 5.27. The first kappa shape index (κ1) is 8.53. The molecule has 0 N–H and O–H groups in total. The van der Waals surface area contributed by atoms with Crippen LogP contribution in [0.4, 0.5) is 0 Å². The molecule has 0 aromatic heterocycles. The molecule has 1 nitrogen and oxygen atoms in total. The van der Waals surface area contributed by atoms with Crippen LogP contribution in [0.25, 0.3) is 0 Å². The van der Waals surface area contributed by atoms with Crippen LogP contribution in [0.15, 0.2) is 0 Å². The summed E-state index contributed by atoms with van der Waals surface area (Å²) in [5.41, 5.74) is 0. The molecule has 0 rings (SSSR count). The van der Waals surface area contributed by atoms with Gasteiger partial charge in [0.25, 0.3) is 0 Å². The van der Waals surface area contributed by atoms with Crippen LogP contribution in [0, 0.1) is 0 Å². The molecule has 0 aliphatic rings. The normalized spacial score (nSPS) is 12.0. The summed E-state index contributed by atoms with van der Waals surface area (Å²) >= 11 is 4.12. The summed E-state index contributed by atoms with van der Waals surface area (Å²) in [5, 5.41) is 0. The smallest absolute Gasteiger partial charge is 0.187 e. The van der Waals surface area contributed by atoms with Gasteiger partial charge in [-0.2, -0.15) is 12.6 Å². The molecule has 0 spiro atoms. The van der Waals surface area contributed by atoms with Crippen LogP contribution in [-0.4, -0.2) is 21.2 Å². The van der Waals surface area contributed by atoms with Crippen molar-refractivity contribution >= 4 is 20.9 Å². The largest absolute Gasteiger partial charge is 0.420 e. The van der Waals surface area contributed by atoms with Crippen LogP contribution in [0.3, 0.4) is 0 Å². The Morgan fingerprint density at radius 1 is 1.50 bits per heavy atom. The minimum atomic E-state index is -1.25. The maximum atomic E-state index is 5.27. The van der Waals surface area contributed by atoms with E-state index in [4.69, 9.17) is 4.43 Å². The highest BCUT2D eigenvalue weighted by molar-refractivity contribution is 7.80. The fourth-order valence-corrected chi connectivity index (χ4v) is 2.73. The Kier molecular flexibility index (Phi) is 3.77. The Balaban J connectivity index is 3.37. The Labute approximate surface area is 58.0 Å². The van der Waals surface area contributed by atoms with E-state index in [0.717, 1.165) is 11.8 Å². The average molecular weight is 150 g/mol. The van der Waals surface area contributed by atoms with Crippen molar-refractivity contribution in [1.82, 2.24) is 0 Å². The van der Waals surface area contributed by atoms with Gasteiger partial charge in [0.05, 0.1) is 0 Å². The maximum absolute atomic E-state index is 5.27. The topological polar surface area (TPSA) is 9.23 Å². The van der Waals surface area contributed by atoms with E-state index in [2.05, 4.69) is 25.7 Å². The molecule has 0 saturated carbocycles. The zero-order valence-electron chi connectivity index (χ0n) is 5.77. The zero-order valence-corrected chi connectivity index (χ0v) is 7.66. The van der Waals surface area contributed by atoms with Crippen LogP contribution < -0.4 is 0 Å². The minimum Gasteiger partial charge on any atom is -0.420 e. The van der Waals surface area contributed by atoms with Crippen molar-refractivity contribution in [2.45, 2.75) is 19.1 Å². The monoisotopic (exact) mass is 150 g/mol. The molecule has 0 bridgehead atoms. The first-order valence-corrected chi connectivity index (χ1v) is 6.53. The highest BCUT2D eigenvalue weighted by atomic mass is 32.1. The number of hydrogen-bond acceptors (Lipinski definition) is 2. The first-order valence-electron chi connectivity index (χ1n) is 2.78. The number of hydrogen-bond donors (Lipinski definition) is 1. The lowest BCUT2D eigenvalue weighted by molar-refractivity contribution is 0.405. The summed E-state index contributed by atoms with van der Waals surface area (Å²) in [6.45, 7) is 4.40. The third-order valence-electron chi connectivity index (χ3n) is 1.27. The maximum Gasteiger partial charge on any atom is 0.187 e. The van der Waals surface area contributed by atoms with Crippen molar-refractivity contribution in [3.8, 4) is 0 Å². The number of thiol groups is 1. The van der Waals surface area contributed by atoms with Crippen LogP contribution in [0.5, 0.6) is 0 Å². The standard InChI is InChI=1S/C5H14OSSi/c1-6-8(2,3)5-4-7/h7H,4-5H2,1-3H3. The fourth-order valence-electron chi connectivity index (χ4n) is 0.371. The van der Waals surface area contributed by atoms with Crippen LogP contribution in [-0.2, 0) is 4.43 Å². The van der Waals surface area contributed by atoms with Gasteiger partial charge in [0.15, 0.2) is 8.32 Å². The molecule has 0 aliphatic heterocycles. The molecule has 50 valence electrons. The Morgan fingerprint density at radius 2 is 2.00 bits per heavy atom. The lowest BCUT2D eigenvalue weighted by atomic mass is 11.0. The lowest BCUT2D eigenvalue weighted by Crippen LogP contribution is -2.28. The molecule has 0 atom stereocenters. The van der Waals surface area contributed by atoms with Crippen LogP contribution in [0.2, 0.25) is 19.1 Å². The molecule has 0 unspecified atom stereocenters. The van der Waals surface area contributed by atoms with E-state index in [1.807, 2.05) is 0 Å². The van der Waals surface area contributed by atoms with Crippen molar-refractivity contribution in [2.75, 3.05) is 12.9 Å². The van der Waals surface area contributed by atoms with Gasteiger partial charge < -0.3 is 4.43 Å². The van der Waals surface area contributed by atoms with E-state index >= 15 is 0 Å². The SMILES string of the molecule is CO[Si](C)(C)CCS. The van der Waals surface area contributed by atoms with E-state index in [-0.39, 0.29) is 0 Å². The molecule has 0 fully saturated rings. The quantitative estimate of drug-likeness (QED) is 0.476. The predicted molar refractivity (Wildman–Crippen MR) is 43.2 cm³/mol. The second-order valence-corrected chi connectivity index (χ2v) is 7.31. The highest BCUT2D eigenvalue weighted by Crippen LogP contribution is 2.09. The second kappa shape index (κ2) is 3.53. The summed E-state index contributed by atoms with van der Waals surface area (Å²) in [6, 6.07) is 1.15. The number of rotatable bonds is 3. The van der Waals surface area contributed by atoms with Gasteiger partial charge in [-0.25, -0.2) is 0 Å². The van der Waals surface area contributed by atoms with E-state index in [1.54, 1.807) is 7.11 Å². The molecule has 8 heavy (non-hydrogen) atoms. The minimum absolute atomic E-state index is 0.951. The lowest BCUT2D eigenvalue weighted by Gasteiger charge is -2.17. The van der Waals surface area contributed by atoms with Gasteiger partial charge >= 0.3 is 0 Å². The van der Waals surface area contributed by atoms with Crippen LogP contribution >= 0.6 is 12.6 Å². The Bertz CT molecular complexity index is 65.4. The Hall–Kier alpha value is 0.527. The molecule has 0 heterocycles. The summed E-state index contributed by atoms with van der Waals surface area (Å²) in [7, 11) is 0.534. The predicted octanol–water partition coefficient (Wildman–Crippen LogP) is 1.77. The van der Waals surface area contributed by atoms with Gasteiger partial charge in [0.2, 0.25) is 0 Å². The van der Waals surface area contributed by atoms with Crippen molar-refractivity contribution in [1.29, 1.82) is 0 Å². The molecule has 0 aromatic carbocycles. The van der Waals surface area contributed by atoms with Gasteiger partial charge in [-0.3, -0.25) is 0 Å². The van der Waals surface area contributed by atoms with Gasteiger partial charge in [0, 0.05) is 7.11 Å². The van der Waals surface area contributed by atoms with Gasteiger partial charge in [-0.05, 0) is 24.9 Å². The third-order valence-corrected chi connectivity index (χ3v) is 4.47. The van der Waals surface area contributed by atoms with E-state index in [1.165, 1.54) is 0 Å². The average Bonchev–Trinajstić information content (AvgIpc) is 1.67. The van der Waals surface area contributed by atoms with Gasteiger partial charge in [-0.1, -0.05) is 0 Å². The molecule has 0 radical (unpaired) electrons. The molecule has 0 aromatic rings. The van der Waals surface area contributed by atoms with Crippen molar-refractivity contribution in [3.63, 3.8) is 0 Å². The third kappa shape index (κ3) is 3.52. The second-order valence-electron chi connectivity index (χ2n) is 2.44. The highest BCUT2D eigenvalue weighted by Gasteiger charge is 2.18. The molecule has 0 aliphatic carbocycles. The van der Waals surface area contributed by atoms with E-state index in [0.29, 0.717) is 0 Å². The summed E-state index contributed by atoms with van der Waals surface area (Å²) in [4.78, 5) is 0. The molecular formula is C5H14OSSi. The first-order chi connectivity index (χ1) is 3.62. The molecule has 3 heteroatoms. The van der Waals surface area contributed by atoms with Crippen molar-refractivity contribution in [3.05, 3.63) is 0 Å². The Morgan fingerprint density at radius 3 is 2.12 bits per heavy atom.